The van der Waals surface area contributed by atoms with Crippen LogP contribution in [0.3, 0.4) is 0 Å². The molecule has 142 valence electrons. The molecule has 0 radical (unpaired) electrons. The van der Waals surface area contributed by atoms with Gasteiger partial charge in [0.05, 0.1) is 18.8 Å². The first-order valence-electron chi connectivity index (χ1n) is 9.42. The molecule has 27 heavy (non-hydrogen) atoms. The molecule has 1 aliphatic rings. The van der Waals surface area contributed by atoms with Gasteiger partial charge in [-0.05, 0) is 56.7 Å². The SMILES string of the molecule is CCOc1ccccc1OCCCC(=O)Nc1sc2c(c1C#N)CCCC2. The highest BCUT2D eigenvalue weighted by Crippen LogP contribution is 2.37. The van der Waals surface area contributed by atoms with Crippen molar-refractivity contribution < 1.29 is 14.3 Å². The largest absolute Gasteiger partial charge is 0.490 e. The number of ether oxygens (including phenoxy) is 2. The minimum Gasteiger partial charge on any atom is -0.490 e. The van der Waals surface area contributed by atoms with Crippen LogP contribution in [0.1, 0.15) is 48.6 Å². The number of fused-ring (bicyclic) bond motifs is 1. The predicted octanol–water partition coefficient (Wildman–Crippen LogP) is 4.69. The van der Waals surface area contributed by atoms with Gasteiger partial charge in [-0.2, -0.15) is 5.26 Å². The number of carbonyl (C=O) groups excluding carboxylic acids is 1. The third kappa shape index (κ3) is 4.81. The van der Waals surface area contributed by atoms with Crippen molar-refractivity contribution in [3.8, 4) is 17.6 Å². The molecule has 1 aliphatic carbocycles. The second kappa shape index (κ2) is 9.43. The number of thiophene rings is 1. The molecule has 1 aromatic heterocycles. The Balaban J connectivity index is 1.50. The van der Waals surface area contributed by atoms with Gasteiger partial charge in [-0.1, -0.05) is 12.1 Å². The summed E-state index contributed by atoms with van der Waals surface area (Å²) in [6.45, 7) is 2.94. The van der Waals surface area contributed by atoms with Gasteiger partial charge in [-0.15, -0.1) is 11.3 Å². The minimum absolute atomic E-state index is 0.0770. The maximum absolute atomic E-state index is 12.3. The van der Waals surface area contributed by atoms with Crippen LogP contribution in [0.2, 0.25) is 0 Å². The summed E-state index contributed by atoms with van der Waals surface area (Å²) >= 11 is 1.56. The van der Waals surface area contributed by atoms with Gasteiger partial charge in [0.25, 0.3) is 0 Å². The highest BCUT2D eigenvalue weighted by atomic mass is 32.1. The van der Waals surface area contributed by atoms with E-state index >= 15 is 0 Å². The molecule has 3 rings (SSSR count). The van der Waals surface area contributed by atoms with Gasteiger partial charge in [-0.3, -0.25) is 4.79 Å². The number of anilines is 1. The topological polar surface area (TPSA) is 71.3 Å². The lowest BCUT2D eigenvalue weighted by atomic mass is 9.96. The molecule has 1 amide bonds. The van der Waals surface area contributed by atoms with Crippen molar-refractivity contribution in [3.63, 3.8) is 0 Å². The first-order chi connectivity index (χ1) is 13.2. The van der Waals surface area contributed by atoms with E-state index in [9.17, 15) is 10.1 Å². The monoisotopic (exact) mass is 384 g/mol. The molecule has 0 saturated carbocycles. The molecule has 2 aromatic rings. The Bertz CT molecular complexity index is 838. The maximum Gasteiger partial charge on any atom is 0.225 e. The van der Waals surface area contributed by atoms with E-state index in [0.29, 0.717) is 48.1 Å². The number of hydrogen-bond donors (Lipinski definition) is 1. The van der Waals surface area contributed by atoms with E-state index in [1.54, 1.807) is 11.3 Å². The van der Waals surface area contributed by atoms with Crippen molar-refractivity contribution in [2.45, 2.75) is 45.4 Å². The van der Waals surface area contributed by atoms with Gasteiger partial charge >= 0.3 is 0 Å². The van der Waals surface area contributed by atoms with Crippen molar-refractivity contribution in [1.82, 2.24) is 0 Å². The zero-order chi connectivity index (χ0) is 19.1. The molecular formula is C21H24N2O3S. The number of nitriles is 1. The fourth-order valence-electron chi connectivity index (χ4n) is 3.22. The first kappa shape index (κ1) is 19.2. The molecule has 0 unspecified atom stereocenters. The molecule has 0 saturated heterocycles. The lowest BCUT2D eigenvalue weighted by Gasteiger charge is -2.11. The molecule has 6 heteroatoms. The average molecular weight is 385 g/mol. The number of nitrogens with one attached hydrogen (secondary N) is 1. The maximum atomic E-state index is 12.3. The summed E-state index contributed by atoms with van der Waals surface area (Å²) in [6, 6.07) is 9.80. The number of aryl methyl sites for hydroxylation is 1. The first-order valence-corrected chi connectivity index (χ1v) is 10.2. The predicted molar refractivity (Wildman–Crippen MR) is 107 cm³/mol. The van der Waals surface area contributed by atoms with E-state index in [0.717, 1.165) is 31.2 Å². The lowest BCUT2D eigenvalue weighted by molar-refractivity contribution is -0.116. The smallest absolute Gasteiger partial charge is 0.225 e. The molecule has 0 fully saturated rings. The van der Waals surface area contributed by atoms with E-state index in [2.05, 4.69) is 11.4 Å². The Hall–Kier alpha value is -2.52. The normalized spacial score (nSPS) is 12.7. The van der Waals surface area contributed by atoms with Gasteiger partial charge < -0.3 is 14.8 Å². The van der Waals surface area contributed by atoms with E-state index in [4.69, 9.17) is 9.47 Å². The van der Waals surface area contributed by atoms with Crippen molar-refractivity contribution in [1.29, 1.82) is 5.26 Å². The van der Waals surface area contributed by atoms with E-state index in [-0.39, 0.29) is 5.91 Å². The second-order valence-electron chi connectivity index (χ2n) is 6.41. The van der Waals surface area contributed by atoms with Crippen LogP contribution in [-0.2, 0) is 17.6 Å². The fourth-order valence-corrected chi connectivity index (χ4v) is 4.48. The van der Waals surface area contributed by atoms with Gasteiger partial charge in [0.1, 0.15) is 11.1 Å². The number of benzene rings is 1. The van der Waals surface area contributed by atoms with Crippen molar-refractivity contribution in [3.05, 3.63) is 40.3 Å². The number of amides is 1. The number of hydrogen-bond acceptors (Lipinski definition) is 5. The van der Waals surface area contributed by atoms with Gasteiger partial charge in [0.15, 0.2) is 11.5 Å². The molecule has 1 N–H and O–H groups in total. The summed E-state index contributed by atoms with van der Waals surface area (Å²) < 4.78 is 11.3. The van der Waals surface area contributed by atoms with Crippen LogP contribution >= 0.6 is 11.3 Å². The molecule has 0 bridgehead atoms. The number of nitrogens with zero attached hydrogens (tertiary/aromatic N) is 1. The van der Waals surface area contributed by atoms with E-state index in [1.165, 1.54) is 4.88 Å². The Kier molecular flexibility index (Phi) is 6.72. The minimum atomic E-state index is -0.0770. The number of carbonyl (C=O) groups is 1. The summed E-state index contributed by atoms with van der Waals surface area (Å²) in [5.74, 6) is 1.33. The summed E-state index contributed by atoms with van der Waals surface area (Å²) in [4.78, 5) is 13.5. The summed E-state index contributed by atoms with van der Waals surface area (Å²) in [5, 5.41) is 13.1. The Morgan fingerprint density at radius 2 is 1.96 bits per heavy atom. The summed E-state index contributed by atoms with van der Waals surface area (Å²) in [6.07, 6.45) is 5.18. The van der Waals surface area contributed by atoms with Crippen LogP contribution in [0, 0.1) is 11.3 Å². The summed E-state index contributed by atoms with van der Waals surface area (Å²) in [7, 11) is 0. The molecule has 0 atom stereocenters. The average Bonchev–Trinajstić information content (AvgIpc) is 3.03. The Morgan fingerprint density at radius 3 is 2.70 bits per heavy atom. The Morgan fingerprint density at radius 1 is 1.22 bits per heavy atom. The van der Waals surface area contributed by atoms with Crippen LogP contribution in [0.15, 0.2) is 24.3 Å². The molecule has 5 nitrogen and oxygen atoms in total. The van der Waals surface area contributed by atoms with Crippen molar-refractivity contribution in [2.75, 3.05) is 18.5 Å². The zero-order valence-electron chi connectivity index (χ0n) is 15.5. The van der Waals surface area contributed by atoms with Crippen LogP contribution in [0.4, 0.5) is 5.00 Å². The molecule has 0 spiro atoms. The standard InChI is InChI=1S/C21H24N2O3S/c1-2-25-17-9-4-5-10-18(17)26-13-7-12-20(24)23-21-16(14-22)15-8-3-6-11-19(15)27-21/h4-5,9-10H,2-3,6-8,11-13H2,1H3,(H,23,24). The van der Waals surface area contributed by atoms with Crippen molar-refractivity contribution in [2.24, 2.45) is 0 Å². The van der Waals surface area contributed by atoms with Crippen LogP contribution < -0.4 is 14.8 Å². The third-order valence-corrected chi connectivity index (χ3v) is 5.70. The number of para-hydroxylation sites is 2. The van der Waals surface area contributed by atoms with Crippen LogP contribution in [0.25, 0.3) is 0 Å². The zero-order valence-corrected chi connectivity index (χ0v) is 16.4. The highest BCUT2D eigenvalue weighted by Gasteiger charge is 2.21. The van der Waals surface area contributed by atoms with E-state index in [1.807, 2.05) is 31.2 Å². The third-order valence-electron chi connectivity index (χ3n) is 4.49. The molecule has 0 aliphatic heterocycles. The quantitative estimate of drug-likeness (QED) is 0.670. The van der Waals surface area contributed by atoms with Gasteiger partial charge in [0, 0.05) is 11.3 Å². The van der Waals surface area contributed by atoms with Crippen LogP contribution in [-0.4, -0.2) is 19.1 Å². The Labute approximate surface area is 163 Å². The number of rotatable bonds is 8. The lowest BCUT2D eigenvalue weighted by Crippen LogP contribution is -2.13. The van der Waals surface area contributed by atoms with Crippen LogP contribution in [0.5, 0.6) is 11.5 Å². The highest BCUT2D eigenvalue weighted by molar-refractivity contribution is 7.16. The molecule has 1 heterocycles. The van der Waals surface area contributed by atoms with Gasteiger partial charge in [-0.25, -0.2) is 0 Å². The molecular weight excluding hydrogens is 360 g/mol. The second-order valence-corrected chi connectivity index (χ2v) is 7.51. The van der Waals surface area contributed by atoms with Gasteiger partial charge in [0.2, 0.25) is 5.91 Å². The van der Waals surface area contributed by atoms with Crippen molar-refractivity contribution >= 4 is 22.2 Å². The molecule has 1 aromatic carbocycles. The fraction of sp³-hybridized carbons (Fsp3) is 0.429. The summed E-state index contributed by atoms with van der Waals surface area (Å²) in [5.41, 5.74) is 1.80. The van der Waals surface area contributed by atoms with E-state index < -0.39 is 0 Å².